The summed E-state index contributed by atoms with van der Waals surface area (Å²) in [4.78, 5) is 10.4. The number of carbonyl (C=O) groups is 1. The number of carboxylic acids is 1. The van der Waals surface area contributed by atoms with Crippen LogP contribution in [0.1, 0.15) is 0 Å². The minimum absolute atomic E-state index is 0.316. The maximum Gasteiger partial charge on any atom is 0.421 e. The van der Waals surface area contributed by atoms with Crippen LogP contribution in [0.5, 0.6) is 0 Å². The fourth-order valence-corrected chi connectivity index (χ4v) is 1.76. The predicted molar refractivity (Wildman–Crippen MR) is 79.4 cm³/mol. The van der Waals surface area contributed by atoms with Gasteiger partial charge in [0.25, 0.3) is 0 Å². The lowest BCUT2D eigenvalue weighted by Crippen LogP contribution is -2.33. The van der Waals surface area contributed by atoms with Crippen molar-refractivity contribution in [2.45, 2.75) is 0 Å². The SMILES string of the molecule is CN(CC(=O)[O-])N=Nc1ccc(N=Nc2n(C)cc[n+]2C)cc1. The van der Waals surface area contributed by atoms with Crippen LogP contribution >= 0.6 is 0 Å². The van der Waals surface area contributed by atoms with Gasteiger partial charge in [0.15, 0.2) is 0 Å². The molecule has 0 atom stereocenters. The van der Waals surface area contributed by atoms with E-state index in [0.717, 1.165) is 5.95 Å². The molecule has 0 saturated carbocycles. The first kappa shape index (κ1) is 16.3. The zero-order chi connectivity index (χ0) is 16.8. The molecule has 120 valence electrons. The highest BCUT2D eigenvalue weighted by atomic mass is 16.4. The van der Waals surface area contributed by atoms with Crippen molar-refractivity contribution in [3.8, 4) is 0 Å². The van der Waals surface area contributed by atoms with Crippen LogP contribution in [0.15, 0.2) is 57.2 Å². The zero-order valence-corrected chi connectivity index (χ0v) is 13.1. The average Bonchev–Trinajstić information content (AvgIpc) is 2.82. The molecule has 0 saturated heterocycles. The minimum atomic E-state index is -1.21. The van der Waals surface area contributed by atoms with Gasteiger partial charge in [-0.05, 0) is 24.3 Å². The van der Waals surface area contributed by atoms with Crippen LogP contribution in [-0.2, 0) is 18.9 Å². The second-order valence-electron chi connectivity index (χ2n) is 4.91. The van der Waals surface area contributed by atoms with E-state index in [9.17, 15) is 9.90 Å². The molecule has 9 nitrogen and oxygen atoms in total. The summed E-state index contributed by atoms with van der Waals surface area (Å²) < 4.78 is 3.72. The summed E-state index contributed by atoms with van der Waals surface area (Å²) in [5.41, 5.74) is 1.26. The highest BCUT2D eigenvalue weighted by Gasteiger charge is 2.10. The lowest BCUT2D eigenvalue weighted by molar-refractivity contribution is -0.657. The first-order valence-electron chi connectivity index (χ1n) is 6.81. The summed E-state index contributed by atoms with van der Waals surface area (Å²) in [7, 11) is 5.28. The molecule has 2 rings (SSSR count). The van der Waals surface area contributed by atoms with Gasteiger partial charge in [0.1, 0.15) is 5.69 Å². The van der Waals surface area contributed by atoms with Crippen LogP contribution in [0, 0.1) is 0 Å². The summed E-state index contributed by atoms with van der Waals surface area (Å²) in [6.07, 6.45) is 3.78. The molecular weight excluding hydrogens is 298 g/mol. The van der Waals surface area contributed by atoms with Gasteiger partial charge in [-0.25, -0.2) is 9.13 Å². The van der Waals surface area contributed by atoms with E-state index in [1.807, 2.05) is 35.6 Å². The maximum atomic E-state index is 10.4. The molecule has 0 spiro atoms. The Morgan fingerprint density at radius 2 is 1.83 bits per heavy atom. The van der Waals surface area contributed by atoms with E-state index in [4.69, 9.17) is 0 Å². The van der Waals surface area contributed by atoms with Crippen molar-refractivity contribution in [1.29, 1.82) is 0 Å². The molecule has 0 aliphatic carbocycles. The van der Waals surface area contributed by atoms with Gasteiger partial charge in [0.2, 0.25) is 0 Å². The molecule has 0 aliphatic rings. The average molecular weight is 315 g/mol. The van der Waals surface area contributed by atoms with Gasteiger partial charge >= 0.3 is 5.95 Å². The van der Waals surface area contributed by atoms with Crippen molar-refractivity contribution in [3.05, 3.63) is 36.7 Å². The van der Waals surface area contributed by atoms with Gasteiger partial charge in [-0.2, -0.15) is 0 Å². The van der Waals surface area contributed by atoms with Gasteiger partial charge in [-0.1, -0.05) is 10.3 Å². The second-order valence-corrected chi connectivity index (χ2v) is 4.91. The maximum absolute atomic E-state index is 10.4. The third-order valence-electron chi connectivity index (χ3n) is 2.92. The molecule has 23 heavy (non-hydrogen) atoms. The quantitative estimate of drug-likeness (QED) is 0.450. The van der Waals surface area contributed by atoms with Crippen molar-refractivity contribution < 1.29 is 14.5 Å². The standard InChI is InChI=1S/C14H17N7O2/c1-19-8-9-20(2)14(19)17-15-11-4-6-12(7-5-11)16-18-21(3)10-13(22)23/h4-9H,10H2,1-3H3. The molecule has 1 aromatic carbocycles. The largest absolute Gasteiger partial charge is 0.548 e. The number of azo groups is 1. The lowest BCUT2D eigenvalue weighted by atomic mass is 10.3. The number of benzene rings is 1. The third kappa shape index (κ3) is 4.70. The Kier molecular flexibility index (Phi) is 5.13. The molecule has 0 amide bonds. The Labute approximate surface area is 133 Å². The highest BCUT2D eigenvalue weighted by molar-refractivity contribution is 5.66. The zero-order valence-electron chi connectivity index (χ0n) is 13.1. The first-order valence-corrected chi connectivity index (χ1v) is 6.81. The molecule has 1 heterocycles. The van der Waals surface area contributed by atoms with Crippen LogP contribution < -0.4 is 9.67 Å². The van der Waals surface area contributed by atoms with Crippen molar-refractivity contribution in [2.75, 3.05) is 13.6 Å². The van der Waals surface area contributed by atoms with Gasteiger partial charge in [0, 0.05) is 12.2 Å². The van der Waals surface area contributed by atoms with Crippen molar-refractivity contribution in [1.82, 2.24) is 9.58 Å². The van der Waals surface area contributed by atoms with Crippen molar-refractivity contribution in [2.24, 2.45) is 34.7 Å². The van der Waals surface area contributed by atoms with E-state index < -0.39 is 5.97 Å². The molecule has 0 radical (unpaired) electrons. The fraction of sp³-hybridized carbons (Fsp3) is 0.286. The van der Waals surface area contributed by atoms with Crippen LogP contribution in [0.2, 0.25) is 0 Å². The molecule has 0 aliphatic heterocycles. The minimum Gasteiger partial charge on any atom is -0.548 e. The van der Waals surface area contributed by atoms with Crippen molar-refractivity contribution >= 4 is 23.3 Å². The summed E-state index contributed by atoms with van der Waals surface area (Å²) >= 11 is 0. The second kappa shape index (κ2) is 7.25. The summed E-state index contributed by atoms with van der Waals surface area (Å²) in [6.45, 7) is -0.316. The van der Waals surface area contributed by atoms with E-state index in [2.05, 4.69) is 20.6 Å². The van der Waals surface area contributed by atoms with Crippen LogP contribution in [0.25, 0.3) is 0 Å². The van der Waals surface area contributed by atoms with Gasteiger partial charge in [-0.15, -0.1) is 5.11 Å². The number of likely N-dealkylation sites (N-methyl/N-ethyl adjacent to an activating group) is 1. The van der Waals surface area contributed by atoms with Crippen LogP contribution in [0.3, 0.4) is 0 Å². The number of hydrogen-bond acceptors (Lipinski definition) is 6. The molecule has 1 aromatic heterocycles. The number of rotatable bonds is 6. The number of aromatic nitrogens is 2. The number of nitrogens with zero attached hydrogens (tertiary/aromatic N) is 7. The topological polar surface area (TPSA) is 102 Å². The summed E-state index contributed by atoms with van der Waals surface area (Å²) in [6, 6.07) is 6.94. The molecule has 0 N–H and O–H groups in total. The molecular formula is C14H17N7O2. The Bertz CT molecular complexity index is 715. The normalized spacial score (nSPS) is 11.4. The molecule has 0 unspecified atom stereocenters. The lowest BCUT2D eigenvalue weighted by Gasteiger charge is -2.10. The first-order chi connectivity index (χ1) is 11.0. The fourth-order valence-electron chi connectivity index (χ4n) is 1.76. The van der Waals surface area contributed by atoms with Crippen molar-refractivity contribution in [3.63, 3.8) is 0 Å². The van der Waals surface area contributed by atoms with E-state index >= 15 is 0 Å². The van der Waals surface area contributed by atoms with E-state index in [-0.39, 0.29) is 6.54 Å². The predicted octanol–water partition coefficient (Wildman–Crippen LogP) is 0.945. The van der Waals surface area contributed by atoms with Crippen LogP contribution in [0.4, 0.5) is 17.3 Å². The highest BCUT2D eigenvalue weighted by Crippen LogP contribution is 2.20. The van der Waals surface area contributed by atoms with Crippen LogP contribution in [-0.4, -0.2) is 29.1 Å². The molecule has 2 aromatic rings. The van der Waals surface area contributed by atoms with E-state index in [1.165, 1.54) is 12.1 Å². The number of carbonyl (C=O) groups excluding carboxylic acids is 1. The van der Waals surface area contributed by atoms with E-state index in [0.29, 0.717) is 11.4 Å². The monoisotopic (exact) mass is 315 g/mol. The molecule has 0 bridgehead atoms. The molecule has 0 fully saturated rings. The molecule has 9 heteroatoms. The number of carboxylic acid groups (broad SMARTS) is 1. The Morgan fingerprint density at radius 3 is 2.35 bits per heavy atom. The number of hydrogen-bond donors (Lipinski definition) is 0. The number of imidazole rings is 1. The number of aliphatic carboxylic acids is 1. The van der Waals surface area contributed by atoms with Gasteiger partial charge in [0.05, 0.1) is 44.7 Å². The third-order valence-corrected chi connectivity index (χ3v) is 2.92. The Morgan fingerprint density at radius 1 is 1.22 bits per heavy atom. The smallest absolute Gasteiger partial charge is 0.421 e. The van der Waals surface area contributed by atoms with Gasteiger partial charge in [-0.3, -0.25) is 5.01 Å². The number of aryl methyl sites for hydroxylation is 2. The Hall–Kier alpha value is -3.10. The summed E-state index contributed by atoms with van der Waals surface area (Å²) in [5.74, 6) is -0.492. The summed E-state index contributed by atoms with van der Waals surface area (Å²) in [5, 5.41) is 27.6. The van der Waals surface area contributed by atoms with E-state index in [1.54, 1.807) is 24.3 Å². The Balaban J connectivity index is 2.02. The van der Waals surface area contributed by atoms with Gasteiger partial charge < -0.3 is 9.90 Å².